The largest absolute Gasteiger partial charge is 0.481 e. The standard InChI is InChI=1S/C24H38O5/c1-3-12-21(23(27)29-19-20-13-8-7-9-14-20)15-10-5-6-11-17-24(28,16-4-2)18-22(25)26/h7-9,13-14,21,28H,3-6,10-12,15-19H2,1-2H3,(H,25,26). The number of esters is 1. The molecule has 164 valence electrons. The normalized spacial score (nSPS) is 14.2. The zero-order valence-electron chi connectivity index (χ0n) is 18.1. The number of carbonyl (C=O) groups is 2. The van der Waals surface area contributed by atoms with E-state index in [9.17, 15) is 14.7 Å². The van der Waals surface area contributed by atoms with Gasteiger partial charge in [-0.05, 0) is 31.2 Å². The number of carboxylic acid groups (broad SMARTS) is 1. The fourth-order valence-electron chi connectivity index (χ4n) is 3.82. The molecule has 2 N–H and O–H groups in total. The first-order chi connectivity index (χ1) is 13.9. The van der Waals surface area contributed by atoms with E-state index in [0.29, 0.717) is 19.4 Å². The highest BCUT2D eigenvalue weighted by atomic mass is 16.5. The van der Waals surface area contributed by atoms with E-state index in [1.165, 1.54) is 0 Å². The van der Waals surface area contributed by atoms with E-state index in [-0.39, 0.29) is 18.3 Å². The highest BCUT2D eigenvalue weighted by molar-refractivity contribution is 5.72. The minimum atomic E-state index is -1.09. The Morgan fingerprint density at radius 3 is 2.28 bits per heavy atom. The maximum Gasteiger partial charge on any atom is 0.309 e. The first kappa shape index (κ1) is 25.2. The first-order valence-electron chi connectivity index (χ1n) is 11.0. The number of hydrogen-bond acceptors (Lipinski definition) is 4. The van der Waals surface area contributed by atoms with Gasteiger partial charge < -0.3 is 14.9 Å². The van der Waals surface area contributed by atoms with Crippen LogP contribution in [0, 0.1) is 5.92 Å². The minimum Gasteiger partial charge on any atom is -0.481 e. The van der Waals surface area contributed by atoms with Crippen molar-refractivity contribution in [2.45, 2.75) is 96.7 Å². The molecule has 1 aromatic carbocycles. The Morgan fingerprint density at radius 1 is 0.966 bits per heavy atom. The zero-order chi connectivity index (χ0) is 21.5. The minimum absolute atomic E-state index is 0.0623. The Bertz CT molecular complexity index is 586. The summed E-state index contributed by atoms with van der Waals surface area (Å²) in [6, 6.07) is 9.71. The molecule has 0 aliphatic heterocycles. The molecule has 5 nitrogen and oxygen atoms in total. The maximum atomic E-state index is 12.4. The quantitative estimate of drug-likeness (QED) is 0.280. The fraction of sp³-hybridized carbons (Fsp3) is 0.667. The summed E-state index contributed by atoms with van der Waals surface area (Å²) in [4.78, 5) is 23.4. The summed E-state index contributed by atoms with van der Waals surface area (Å²) in [5.74, 6) is -1.13. The number of unbranched alkanes of at least 4 members (excludes halogenated alkanes) is 3. The third kappa shape index (κ3) is 11.0. The van der Waals surface area contributed by atoms with Crippen molar-refractivity contribution >= 4 is 11.9 Å². The van der Waals surface area contributed by atoms with E-state index in [1.54, 1.807) is 0 Å². The molecule has 0 bridgehead atoms. The van der Waals surface area contributed by atoms with Crippen LogP contribution in [0.4, 0.5) is 0 Å². The van der Waals surface area contributed by atoms with Gasteiger partial charge in [0.05, 0.1) is 17.9 Å². The van der Waals surface area contributed by atoms with Crippen molar-refractivity contribution in [1.82, 2.24) is 0 Å². The van der Waals surface area contributed by atoms with Crippen LogP contribution in [-0.4, -0.2) is 27.8 Å². The molecule has 0 saturated carbocycles. The van der Waals surface area contributed by atoms with E-state index in [0.717, 1.165) is 56.9 Å². The number of aliphatic carboxylic acids is 1. The lowest BCUT2D eigenvalue weighted by molar-refractivity contribution is -0.150. The lowest BCUT2D eigenvalue weighted by Crippen LogP contribution is -2.31. The monoisotopic (exact) mass is 406 g/mol. The molecule has 2 unspecified atom stereocenters. The molecule has 0 amide bonds. The highest BCUT2D eigenvalue weighted by Crippen LogP contribution is 2.26. The topological polar surface area (TPSA) is 83.8 Å². The molecule has 29 heavy (non-hydrogen) atoms. The van der Waals surface area contributed by atoms with Gasteiger partial charge in [0, 0.05) is 0 Å². The second kappa shape index (κ2) is 14.2. The van der Waals surface area contributed by atoms with E-state index >= 15 is 0 Å². The van der Waals surface area contributed by atoms with Crippen LogP contribution >= 0.6 is 0 Å². The van der Waals surface area contributed by atoms with Crippen LogP contribution in [0.3, 0.4) is 0 Å². The molecule has 0 spiro atoms. The average molecular weight is 407 g/mol. The second-order valence-electron chi connectivity index (χ2n) is 8.08. The van der Waals surface area contributed by atoms with Gasteiger partial charge in [-0.2, -0.15) is 0 Å². The van der Waals surface area contributed by atoms with E-state index in [2.05, 4.69) is 6.92 Å². The summed E-state index contributed by atoms with van der Waals surface area (Å²) in [7, 11) is 0. The highest BCUT2D eigenvalue weighted by Gasteiger charge is 2.28. The number of aliphatic hydroxyl groups is 1. The number of carboxylic acids is 1. The lowest BCUT2D eigenvalue weighted by atomic mass is 9.88. The van der Waals surface area contributed by atoms with Gasteiger partial charge in [-0.1, -0.05) is 82.7 Å². The lowest BCUT2D eigenvalue weighted by Gasteiger charge is -2.26. The number of hydrogen-bond donors (Lipinski definition) is 2. The van der Waals surface area contributed by atoms with Crippen LogP contribution in [0.25, 0.3) is 0 Å². The molecule has 0 radical (unpaired) electrons. The molecule has 0 heterocycles. The number of rotatable bonds is 16. The molecular weight excluding hydrogens is 368 g/mol. The van der Waals surface area contributed by atoms with Crippen molar-refractivity contribution in [2.24, 2.45) is 5.92 Å². The molecule has 1 rings (SSSR count). The van der Waals surface area contributed by atoms with Gasteiger partial charge in [-0.3, -0.25) is 9.59 Å². The van der Waals surface area contributed by atoms with Gasteiger partial charge in [-0.25, -0.2) is 0 Å². The molecule has 0 aliphatic carbocycles. The number of carbonyl (C=O) groups excluding carboxylic acids is 1. The number of ether oxygens (including phenoxy) is 1. The van der Waals surface area contributed by atoms with Gasteiger partial charge >= 0.3 is 11.9 Å². The van der Waals surface area contributed by atoms with E-state index in [1.807, 2.05) is 37.3 Å². The third-order valence-electron chi connectivity index (χ3n) is 5.33. The SMILES string of the molecule is CCCC(CCCCCCC(O)(CCC)CC(=O)O)C(=O)OCc1ccccc1. The summed E-state index contributed by atoms with van der Waals surface area (Å²) in [5, 5.41) is 19.5. The third-order valence-corrected chi connectivity index (χ3v) is 5.33. The van der Waals surface area contributed by atoms with Crippen LogP contribution < -0.4 is 0 Å². The summed E-state index contributed by atoms with van der Waals surface area (Å²) in [5.41, 5.74) is -0.0935. The molecule has 0 saturated heterocycles. The van der Waals surface area contributed by atoms with Crippen molar-refractivity contribution in [2.75, 3.05) is 0 Å². The van der Waals surface area contributed by atoms with Crippen molar-refractivity contribution in [3.8, 4) is 0 Å². The predicted molar refractivity (Wildman–Crippen MR) is 114 cm³/mol. The first-order valence-corrected chi connectivity index (χ1v) is 11.0. The summed E-state index contributed by atoms with van der Waals surface area (Å²) in [6.45, 7) is 4.35. The second-order valence-corrected chi connectivity index (χ2v) is 8.08. The molecular formula is C24H38O5. The summed E-state index contributed by atoms with van der Waals surface area (Å²) < 4.78 is 5.50. The molecule has 1 aromatic rings. The molecule has 2 atom stereocenters. The van der Waals surface area contributed by atoms with E-state index < -0.39 is 11.6 Å². The fourth-order valence-corrected chi connectivity index (χ4v) is 3.82. The van der Waals surface area contributed by atoms with Gasteiger partial charge in [0.25, 0.3) is 0 Å². The molecule has 0 aromatic heterocycles. The summed E-state index contributed by atoms with van der Waals surface area (Å²) >= 11 is 0. The van der Waals surface area contributed by atoms with Crippen molar-refractivity contribution in [3.05, 3.63) is 35.9 Å². The number of benzene rings is 1. The molecule has 5 heteroatoms. The van der Waals surface area contributed by atoms with Crippen molar-refractivity contribution in [1.29, 1.82) is 0 Å². The summed E-state index contributed by atoms with van der Waals surface area (Å²) in [6.07, 6.45) is 7.88. The predicted octanol–water partition coefficient (Wildman–Crippen LogP) is 5.49. The maximum absolute atomic E-state index is 12.4. The van der Waals surface area contributed by atoms with Crippen LogP contribution in [0.2, 0.25) is 0 Å². The van der Waals surface area contributed by atoms with Crippen LogP contribution in [0.15, 0.2) is 30.3 Å². The molecule has 0 aliphatic rings. The van der Waals surface area contributed by atoms with Gasteiger partial charge in [0.1, 0.15) is 6.61 Å². The average Bonchev–Trinajstić information content (AvgIpc) is 2.68. The van der Waals surface area contributed by atoms with Crippen molar-refractivity contribution in [3.63, 3.8) is 0 Å². The van der Waals surface area contributed by atoms with Crippen LogP contribution in [-0.2, 0) is 20.9 Å². The Hall–Kier alpha value is -1.88. The van der Waals surface area contributed by atoms with Gasteiger partial charge in [0.15, 0.2) is 0 Å². The van der Waals surface area contributed by atoms with Gasteiger partial charge in [0.2, 0.25) is 0 Å². The van der Waals surface area contributed by atoms with E-state index in [4.69, 9.17) is 9.84 Å². The van der Waals surface area contributed by atoms with Crippen LogP contribution in [0.5, 0.6) is 0 Å². The van der Waals surface area contributed by atoms with Gasteiger partial charge in [-0.15, -0.1) is 0 Å². The Balaban J connectivity index is 2.31. The molecule has 0 fully saturated rings. The zero-order valence-corrected chi connectivity index (χ0v) is 18.1. The Morgan fingerprint density at radius 2 is 1.66 bits per heavy atom. The Labute approximate surface area is 175 Å². The Kier molecular flexibility index (Phi) is 12.3. The van der Waals surface area contributed by atoms with Crippen LogP contribution in [0.1, 0.15) is 90.0 Å². The van der Waals surface area contributed by atoms with Crippen molar-refractivity contribution < 1.29 is 24.5 Å². The smallest absolute Gasteiger partial charge is 0.309 e.